The molecule has 0 unspecified atom stereocenters. The smallest absolute Gasteiger partial charge is 0.257 e. The quantitative estimate of drug-likeness (QED) is 0.538. The topological polar surface area (TPSA) is 79.2 Å². The highest BCUT2D eigenvalue weighted by Crippen LogP contribution is 2.25. The molecule has 0 saturated carbocycles. The molecule has 32 heavy (non-hydrogen) atoms. The molecule has 0 aliphatic carbocycles. The predicted molar refractivity (Wildman–Crippen MR) is 126 cm³/mol. The Morgan fingerprint density at radius 2 is 1.88 bits per heavy atom. The molecule has 0 radical (unpaired) electrons. The fraction of sp³-hybridized carbons (Fsp3) is 0.250. The Kier molecular flexibility index (Phi) is 4.97. The molecule has 0 atom stereocenters. The summed E-state index contributed by atoms with van der Waals surface area (Å²) in [7, 11) is 2.19. The molecule has 5 rings (SSSR count). The minimum atomic E-state index is -0.215. The van der Waals surface area contributed by atoms with Gasteiger partial charge in [-0.1, -0.05) is 12.1 Å². The van der Waals surface area contributed by atoms with E-state index in [1.807, 2.05) is 36.5 Å². The number of anilines is 2. The lowest BCUT2D eigenvalue weighted by molar-refractivity contribution is 0.102. The highest BCUT2D eigenvalue weighted by Gasteiger charge is 2.17. The molecular weight excluding hydrogens is 402 g/mol. The third-order valence-corrected chi connectivity index (χ3v) is 5.76. The van der Waals surface area contributed by atoms with Crippen LogP contribution in [0.4, 0.5) is 11.6 Å². The van der Waals surface area contributed by atoms with Crippen molar-refractivity contribution in [3.8, 4) is 11.1 Å². The van der Waals surface area contributed by atoms with Crippen LogP contribution in [0, 0.1) is 0 Å². The Morgan fingerprint density at radius 1 is 1.00 bits per heavy atom. The zero-order chi connectivity index (χ0) is 22.8. The van der Waals surface area contributed by atoms with Crippen molar-refractivity contribution in [3.63, 3.8) is 0 Å². The molecule has 0 spiro atoms. The summed E-state index contributed by atoms with van der Waals surface area (Å²) in [6.07, 6.45) is 7.03. The number of fused-ring (bicyclic) bond motifs is 1. The first-order valence-electron chi connectivity index (χ1n) is 11.2. The number of rotatable bonds is 4. The Labute approximate surface area is 187 Å². The lowest BCUT2D eigenvalue weighted by Crippen LogP contribution is -2.44. The van der Waals surface area contributed by atoms with Crippen LogP contribution in [0.3, 0.4) is 0 Å². The molecule has 3 aromatic heterocycles. The molecule has 8 nitrogen and oxygen atoms in total. The summed E-state index contributed by atoms with van der Waals surface area (Å²) in [5, 5.41) is 9.03. The summed E-state index contributed by atoms with van der Waals surface area (Å²) in [6, 6.07) is 11.5. The van der Waals surface area contributed by atoms with Gasteiger partial charge < -0.3 is 15.1 Å². The number of likely N-dealkylation sites (N-methyl/N-ethyl adjacent to an activating group) is 1. The number of piperazine rings is 1. The van der Waals surface area contributed by atoms with Crippen molar-refractivity contribution in [2.75, 3.05) is 43.4 Å². The lowest BCUT2D eigenvalue weighted by Gasteiger charge is -2.33. The van der Waals surface area contributed by atoms with Crippen LogP contribution < -0.4 is 10.2 Å². The largest absolute Gasteiger partial charge is 0.354 e. The van der Waals surface area contributed by atoms with E-state index in [2.05, 4.69) is 37.2 Å². The van der Waals surface area contributed by atoms with Crippen LogP contribution in [0.1, 0.15) is 11.7 Å². The number of aromatic nitrogens is 4. The standard InChI is InChI=1S/C24H25N7O/c1-29-7-9-31(10-8-29)23-13-18(5-6-25-23)24(32)28-22-12-20-11-17(3-4-19(20)14-26-22)21-15-27-30(2)16-21/h3-6,11-16H,7-10H2,1-2H3,(H,26,28,32)/i2D. The van der Waals surface area contributed by atoms with E-state index in [9.17, 15) is 4.79 Å². The molecule has 1 aliphatic rings. The van der Waals surface area contributed by atoms with Gasteiger partial charge in [0.15, 0.2) is 0 Å². The zero-order valence-electron chi connectivity index (χ0n) is 18.9. The van der Waals surface area contributed by atoms with Gasteiger partial charge in [0.25, 0.3) is 5.91 Å². The normalized spacial score (nSPS) is 15.0. The average Bonchev–Trinajstić information content (AvgIpc) is 3.34. The Hall–Kier alpha value is -3.78. The number of amides is 1. The zero-order valence-corrected chi connectivity index (χ0v) is 17.9. The summed E-state index contributed by atoms with van der Waals surface area (Å²) in [4.78, 5) is 26.3. The summed E-state index contributed by atoms with van der Waals surface area (Å²) >= 11 is 0. The average molecular weight is 429 g/mol. The summed E-state index contributed by atoms with van der Waals surface area (Å²) in [5.41, 5.74) is 2.49. The molecule has 1 N–H and O–H groups in total. The molecule has 4 aromatic rings. The van der Waals surface area contributed by atoms with Crippen LogP contribution in [-0.2, 0) is 7.02 Å². The van der Waals surface area contributed by atoms with Crippen LogP contribution in [0.5, 0.6) is 0 Å². The maximum Gasteiger partial charge on any atom is 0.257 e. The van der Waals surface area contributed by atoms with Gasteiger partial charge in [-0.2, -0.15) is 5.10 Å². The monoisotopic (exact) mass is 428 g/mol. The number of carbonyl (C=O) groups is 1. The maximum atomic E-state index is 12.9. The second-order valence-corrected chi connectivity index (χ2v) is 8.05. The first kappa shape index (κ1) is 18.9. The third-order valence-electron chi connectivity index (χ3n) is 5.76. The predicted octanol–water partition coefficient (Wildman–Crippen LogP) is 3.03. The molecule has 0 bridgehead atoms. The van der Waals surface area contributed by atoms with E-state index in [-0.39, 0.29) is 12.9 Å². The fourth-order valence-electron chi connectivity index (χ4n) is 3.86. The minimum Gasteiger partial charge on any atom is -0.354 e. The van der Waals surface area contributed by atoms with Gasteiger partial charge in [-0.25, -0.2) is 9.97 Å². The number of hydrogen-bond acceptors (Lipinski definition) is 6. The van der Waals surface area contributed by atoms with Gasteiger partial charge in [-0.15, -0.1) is 0 Å². The van der Waals surface area contributed by atoms with Gasteiger partial charge in [-0.3, -0.25) is 9.48 Å². The van der Waals surface area contributed by atoms with Crippen molar-refractivity contribution in [2.24, 2.45) is 7.02 Å². The van der Waals surface area contributed by atoms with E-state index in [0.717, 1.165) is 53.9 Å². The molecule has 1 saturated heterocycles. The molecule has 1 aromatic carbocycles. The molecule has 4 heterocycles. The Bertz CT molecular complexity index is 1300. The van der Waals surface area contributed by atoms with E-state index in [0.29, 0.717) is 11.4 Å². The van der Waals surface area contributed by atoms with E-state index in [1.165, 1.54) is 0 Å². The first-order valence-corrected chi connectivity index (χ1v) is 10.5. The van der Waals surface area contributed by atoms with E-state index >= 15 is 0 Å². The summed E-state index contributed by atoms with van der Waals surface area (Å²) < 4.78 is 9.01. The van der Waals surface area contributed by atoms with Gasteiger partial charge in [0, 0.05) is 69.7 Å². The summed E-state index contributed by atoms with van der Waals surface area (Å²) in [6.45, 7) is 3.74. The van der Waals surface area contributed by atoms with Gasteiger partial charge in [0.2, 0.25) is 0 Å². The number of carbonyl (C=O) groups excluding carboxylic acids is 1. The molecule has 8 heteroatoms. The van der Waals surface area contributed by atoms with E-state index in [4.69, 9.17) is 1.37 Å². The Morgan fingerprint density at radius 3 is 2.69 bits per heavy atom. The highest BCUT2D eigenvalue weighted by molar-refractivity contribution is 6.05. The molecule has 162 valence electrons. The Balaban J connectivity index is 1.35. The van der Waals surface area contributed by atoms with Gasteiger partial charge in [0.05, 0.1) is 6.20 Å². The van der Waals surface area contributed by atoms with Crippen molar-refractivity contribution >= 4 is 28.3 Å². The fourth-order valence-corrected chi connectivity index (χ4v) is 3.86. The van der Waals surface area contributed by atoms with Crippen LogP contribution >= 0.6 is 0 Å². The SMILES string of the molecule is [2H]Cn1cc(-c2ccc3cnc(NC(=O)c4ccnc(N5CCN(C)CC5)c4)cc3c2)cn1. The number of hydrogen-bond donors (Lipinski definition) is 1. The summed E-state index contributed by atoms with van der Waals surface area (Å²) in [5.74, 6) is 1.09. The number of pyridine rings is 2. The molecule has 1 amide bonds. The van der Waals surface area contributed by atoms with Crippen LogP contribution in [0.15, 0.2) is 61.2 Å². The second kappa shape index (κ2) is 8.39. The lowest BCUT2D eigenvalue weighted by atomic mass is 10.1. The van der Waals surface area contributed by atoms with E-state index < -0.39 is 0 Å². The van der Waals surface area contributed by atoms with Crippen molar-refractivity contribution < 1.29 is 6.17 Å². The molecular formula is C24H25N7O. The van der Waals surface area contributed by atoms with Crippen molar-refractivity contribution in [1.82, 2.24) is 24.6 Å². The van der Waals surface area contributed by atoms with Crippen molar-refractivity contribution in [2.45, 2.75) is 0 Å². The van der Waals surface area contributed by atoms with Gasteiger partial charge >= 0.3 is 0 Å². The molecule has 1 aliphatic heterocycles. The maximum absolute atomic E-state index is 12.9. The number of benzene rings is 1. The minimum absolute atomic E-state index is 0.0825. The van der Waals surface area contributed by atoms with Gasteiger partial charge in [-0.05, 0) is 42.3 Å². The van der Waals surface area contributed by atoms with Crippen LogP contribution in [0.2, 0.25) is 0 Å². The van der Waals surface area contributed by atoms with Crippen molar-refractivity contribution in [3.05, 3.63) is 66.7 Å². The third kappa shape index (κ3) is 4.17. The van der Waals surface area contributed by atoms with E-state index in [1.54, 1.807) is 29.3 Å². The number of aryl methyl sites for hydroxylation is 1. The highest BCUT2D eigenvalue weighted by atomic mass is 16.1. The second-order valence-electron chi connectivity index (χ2n) is 8.05. The van der Waals surface area contributed by atoms with Crippen molar-refractivity contribution in [1.29, 1.82) is 0 Å². The van der Waals surface area contributed by atoms with Crippen LogP contribution in [-0.4, -0.2) is 63.8 Å². The van der Waals surface area contributed by atoms with Crippen LogP contribution in [0.25, 0.3) is 21.9 Å². The first-order chi connectivity index (χ1) is 16.1. The molecule has 1 fully saturated rings. The number of nitrogens with one attached hydrogen (secondary N) is 1. The van der Waals surface area contributed by atoms with Gasteiger partial charge in [0.1, 0.15) is 11.6 Å². The number of nitrogens with zero attached hydrogens (tertiary/aromatic N) is 6.